The van der Waals surface area contributed by atoms with Crippen LogP contribution in [0.2, 0.25) is 0 Å². The summed E-state index contributed by atoms with van der Waals surface area (Å²) < 4.78 is 5.26. The molecular weight excluding hydrogens is 236 g/mol. The fourth-order valence-electron chi connectivity index (χ4n) is 2.59. The minimum Gasteiger partial charge on any atom is -0.504 e. The molecule has 2 heteroatoms. The maximum atomic E-state index is 9.73. The van der Waals surface area contributed by atoms with Gasteiger partial charge in [0.15, 0.2) is 11.5 Å². The first kappa shape index (κ1) is 15.9. The molecule has 1 unspecified atom stereocenters. The van der Waals surface area contributed by atoms with Crippen LogP contribution in [-0.4, -0.2) is 12.2 Å². The number of hydrogen-bond acceptors (Lipinski definition) is 2. The van der Waals surface area contributed by atoms with Crippen LogP contribution in [0, 0.1) is 12.8 Å². The molecule has 0 aliphatic heterocycles. The molecule has 1 atom stereocenters. The first-order valence-corrected chi connectivity index (χ1v) is 7.45. The minimum atomic E-state index is 0.236. The number of phenolic OH excluding ortho intramolecular Hbond substituents is 1. The highest BCUT2D eigenvalue weighted by atomic mass is 16.5. The smallest absolute Gasteiger partial charge is 0.163 e. The minimum absolute atomic E-state index is 0.236. The summed E-state index contributed by atoms with van der Waals surface area (Å²) in [5.74, 6) is 1.54. The zero-order valence-corrected chi connectivity index (χ0v) is 12.8. The first-order chi connectivity index (χ1) is 9.10. The number of ether oxygens (including phenoxy) is 1. The third-order valence-corrected chi connectivity index (χ3v) is 3.82. The van der Waals surface area contributed by atoms with E-state index in [1.807, 2.05) is 13.0 Å². The summed E-state index contributed by atoms with van der Waals surface area (Å²) in [6.45, 7) is 6.58. The number of aromatic hydroxyl groups is 1. The fourth-order valence-corrected chi connectivity index (χ4v) is 2.59. The van der Waals surface area contributed by atoms with Crippen molar-refractivity contribution in [3.8, 4) is 11.5 Å². The maximum Gasteiger partial charge on any atom is 0.163 e. The van der Waals surface area contributed by atoms with E-state index in [0.29, 0.717) is 11.7 Å². The molecule has 1 rings (SSSR count). The zero-order chi connectivity index (χ0) is 14.3. The van der Waals surface area contributed by atoms with E-state index in [4.69, 9.17) is 4.74 Å². The van der Waals surface area contributed by atoms with E-state index in [0.717, 1.165) is 12.0 Å². The van der Waals surface area contributed by atoms with Gasteiger partial charge in [0.2, 0.25) is 0 Å². The summed E-state index contributed by atoms with van der Waals surface area (Å²) in [4.78, 5) is 0. The van der Waals surface area contributed by atoms with Gasteiger partial charge in [-0.15, -0.1) is 0 Å². The van der Waals surface area contributed by atoms with Crippen molar-refractivity contribution in [3.63, 3.8) is 0 Å². The van der Waals surface area contributed by atoms with E-state index < -0.39 is 0 Å². The first-order valence-electron chi connectivity index (χ1n) is 7.45. The largest absolute Gasteiger partial charge is 0.504 e. The van der Waals surface area contributed by atoms with Gasteiger partial charge in [0, 0.05) is 0 Å². The van der Waals surface area contributed by atoms with Crippen molar-refractivity contribution in [2.45, 2.75) is 59.3 Å². The van der Waals surface area contributed by atoms with Crippen molar-refractivity contribution in [1.29, 1.82) is 0 Å². The molecule has 0 saturated heterocycles. The van der Waals surface area contributed by atoms with Crippen molar-refractivity contribution < 1.29 is 9.84 Å². The van der Waals surface area contributed by atoms with E-state index in [2.05, 4.69) is 13.8 Å². The normalized spacial score (nSPS) is 12.4. The van der Waals surface area contributed by atoms with Crippen LogP contribution in [-0.2, 0) is 6.42 Å². The Morgan fingerprint density at radius 2 is 1.95 bits per heavy atom. The molecule has 0 spiro atoms. The van der Waals surface area contributed by atoms with Crippen LogP contribution in [0.15, 0.2) is 12.1 Å². The Morgan fingerprint density at radius 1 is 1.21 bits per heavy atom. The lowest BCUT2D eigenvalue weighted by atomic mass is 9.92. The van der Waals surface area contributed by atoms with Gasteiger partial charge in [-0.3, -0.25) is 0 Å². The van der Waals surface area contributed by atoms with Gasteiger partial charge in [0.1, 0.15) is 0 Å². The summed E-state index contributed by atoms with van der Waals surface area (Å²) in [7, 11) is 1.61. The molecule has 0 heterocycles. The topological polar surface area (TPSA) is 29.5 Å². The Morgan fingerprint density at radius 3 is 2.58 bits per heavy atom. The molecule has 1 N–H and O–H groups in total. The molecule has 0 radical (unpaired) electrons. The number of methoxy groups -OCH3 is 1. The van der Waals surface area contributed by atoms with Gasteiger partial charge >= 0.3 is 0 Å². The molecule has 0 aromatic heterocycles. The molecule has 108 valence electrons. The molecule has 0 amide bonds. The number of rotatable bonds is 8. The molecule has 0 aliphatic carbocycles. The Bertz CT molecular complexity index is 385. The molecule has 1 aromatic carbocycles. The van der Waals surface area contributed by atoms with Crippen molar-refractivity contribution in [2.75, 3.05) is 7.11 Å². The van der Waals surface area contributed by atoms with Gasteiger partial charge in [-0.25, -0.2) is 0 Å². The van der Waals surface area contributed by atoms with Crippen molar-refractivity contribution in [1.82, 2.24) is 0 Å². The van der Waals surface area contributed by atoms with Gasteiger partial charge in [0.25, 0.3) is 0 Å². The monoisotopic (exact) mass is 264 g/mol. The molecule has 0 bridgehead atoms. The van der Waals surface area contributed by atoms with Crippen LogP contribution in [0.1, 0.15) is 57.1 Å². The van der Waals surface area contributed by atoms with Gasteiger partial charge in [-0.2, -0.15) is 0 Å². The summed E-state index contributed by atoms with van der Waals surface area (Å²) >= 11 is 0. The predicted octanol–water partition coefficient (Wildman–Crippen LogP) is 4.86. The van der Waals surface area contributed by atoms with Crippen LogP contribution in [0.4, 0.5) is 0 Å². The van der Waals surface area contributed by atoms with Crippen LogP contribution in [0.5, 0.6) is 11.5 Å². The second-order valence-corrected chi connectivity index (χ2v) is 5.56. The van der Waals surface area contributed by atoms with E-state index in [1.54, 1.807) is 13.2 Å². The lowest BCUT2D eigenvalue weighted by Gasteiger charge is -2.16. The maximum absolute atomic E-state index is 9.73. The van der Waals surface area contributed by atoms with E-state index in [1.165, 1.54) is 37.7 Å². The number of benzene rings is 1. The van der Waals surface area contributed by atoms with Gasteiger partial charge < -0.3 is 9.84 Å². The quantitative estimate of drug-likeness (QED) is 0.679. The van der Waals surface area contributed by atoms with Gasteiger partial charge in [0.05, 0.1) is 7.11 Å². The Kier molecular flexibility index (Phi) is 6.75. The Balaban J connectivity index is 2.57. The number of phenols is 1. The molecule has 0 saturated carbocycles. The van der Waals surface area contributed by atoms with Crippen LogP contribution in [0.3, 0.4) is 0 Å². The highest BCUT2D eigenvalue weighted by Crippen LogP contribution is 2.33. The van der Waals surface area contributed by atoms with Crippen molar-refractivity contribution >= 4 is 0 Å². The lowest BCUT2D eigenvalue weighted by Crippen LogP contribution is -2.03. The molecule has 0 aliphatic rings. The van der Waals surface area contributed by atoms with Gasteiger partial charge in [-0.05, 0) is 36.5 Å². The summed E-state index contributed by atoms with van der Waals surface area (Å²) in [6.07, 6.45) is 7.65. The van der Waals surface area contributed by atoms with Crippen LogP contribution < -0.4 is 4.74 Å². The number of hydrogen-bond donors (Lipinski definition) is 1. The zero-order valence-electron chi connectivity index (χ0n) is 12.8. The van der Waals surface area contributed by atoms with Crippen molar-refractivity contribution in [2.24, 2.45) is 5.92 Å². The Hall–Kier alpha value is -1.18. The van der Waals surface area contributed by atoms with E-state index in [-0.39, 0.29) is 5.75 Å². The average molecular weight is 264 g/mol. The summed E-state index contributed by atoms with van der Waals surface area (Å²) in [5, 5.41) is 9.73. The van der Waals surface area contributed by atoms with Crippen LogP contribution >= 0.6 is 0 Å². The molecule has 19 heavy (non-hydrogen) atoms. The lowest BCUT2D eigenvalue weighted by molar-refractivity contribution is 0.369. The third-order valence-electron chi connectivity index (χ3n) is 3.82. The second-order valence-electron chi connectivity index (χ2n) is 5.56. The SMILES string of the molecule is CCCCCCC(C)Cc1ccc(O)c(OC)c1C. The van der Waals surface area contributed by atoms with E-state index >= 15 is 0 Å². The number of unbranched alkanes of at least 4 members (excludes halogenated alkanes) is 3. The highest BCUT2D eigenvalue weighted by molar-refractivity contribution is 5.49. The van der Waals surface area contributed by atoms with E-state index in [9.17, 15) is 5.11 Å². The second kappa shape index (κ2) is 8.08. The molecule has 2 nitrogen and oxygen atoms in total. The third kappa shape index (κ3) is 4.77. The fraction of sp³-hybridized carbons (Fsp3) is 0.647. The van der Waals surface area contributed by atoms with Crippen molar-refractivity contribution in [3.05, 3.63) is 23.3 Å². The highest BCUT2D eigenvalue weighted by Gasteiger charge is 2.12. The standard InChI is InChI=1S/C17H28O2/c1-5-6-7-8-9-13(2)12-15-10-11-16(18)17(19-4)14(15)3/h10-11,13,18H,5-9,12H2,1-4H3. The Labute approximate surface area is 117 Å². The summed E-state index contributed by atoms with van der Waals surface area (Å²) in [5.41, 5.74) is 2.36. The summed E-state index contributed by atoms with van der Waals surface area (Å²) in [6, 6.07) is 3.76. The molecular formula is C17H28O2. The predicted molar refractivity (Wildman–Crippen MR) is 81.0 cm³/mol. The molecule has 1 aromatic rings. The average Bonchev–Trinajstić information content (AvgIpc) is 2.39. The molecule has 0 fully saturated rings. The van der Waals surface area contributed by atoms with Crippen LogP contribution in [0.25, 0.3) is 0 Å². The van der Waals surface area contributed by atoms with Gasteiger partial charge in [-0.1, -0.05) is 52.0 Å².